The van der Waals surface area contributed by atoms with E-state index < -0.39 is 0 Å². The molecule has 3 N–H and O–H groups in total. The molecule has 1 amide bonds. The Morgan fingerprint density at radius 2 is 1.62 bits per heavy atom. The first-order valence-electron chi connectivity index (χ1n) is 8.14. The minimum Gasteiger partial charge on any atom is -0.497 e. The lowest BCUT2D eigenvalue weighted by atomic mass is 10.2. The quantitative estimate of drug-likeness (QED) is 0.256. The molecule has 144 valence electrons. The smallest absolute Gasteiger partial charge is 0.305 e. The number of methoxy groups -OCH3 is 3. The van der Waals surface area contributed by atoms with E-state index in [1.54, 1.807) is 18.2 Å². The van der Waals surface area contributed by atoms with Gasteiger partial charge in [-0.25, -0.2) is 0 Å². The summed E-state index contributed by atoms with van der Waals surface area (Å²) >= 11 is 5.10. The summed E-state index contributed by atoms with van der Waals surface area (Å²) < 4.78 is 14.8. The van der Waals surface area contributed by atoms with Gasteiger partial charge in [0.15, 0.2) is 5.11 Å². The highest BCUT2D eigenvalue weighted by Crippen LogP contribution is 2.22. The number of rotatable bonds is 9. The van der Waals surface area contributed by atoms with Crippen molar-refractivity contribution >= 4 is 29.2 Å². The SMILES string of the molecule is COC(=O)CCCCCNC(=S)NNC(=O)c1cc(OC)cc(OC)c1. The molecule has 1 aromatic carbocycles. The molecule has 0 atom stereocenters. The van der Waals surface area contributed by atoms with E-state index in [9.17, 15) is 9.59 Å². The molecule has 9 heteroatoms. The summed E-state index contributed by atoms with van der Waals surface area (Å²) in [5.41, 5.74) is 5.52. The average molecular weight is 383 g/mol. The first kappa shape index (κ1) is 21.5. The number of carbonyl (C=O) groups excluding carboxylic acids is 2. The van der Waals surface area contributed by atoms with Crippen LogP contribution in [0.3, 0.4) is 0 Å². The summed E-state index contributed by atoms with van der Waals surface area (Å²) in [4.78, 5) is 23.2. The Bertz CT molecular complexity index is 602. The van der Waals surface area contributed by atoms with Crippen LogP contribution in [0, 0.1) is 0 Å². The van der Waals surface area contributed by atoms with E-state index in [1.807, 2.05) is 0 Å². The van der Waals surface area contributed by atoms with Crippen LogP contribution in [0.25, 0.3) is 0 Å². The van der Waals surface area contributed by atoms with Crippen molar-refractivity contribution in [3.63, 3.8) is 0 Å². The molecule has 0 heterocycles. The van der Waals surface area contributed by atoms with Crippen LogP contribution in [-0.2, 0) is 9.53 Å². The lowest BCUT2D eigenvalue weighted by Crippen LogP contribution is -2.47. The number of esters is 1. The van der Waals surface area contributed by atoms with Crippen molar-refractivity contribution in [1.82, 2.24) is 16.2 Å². The average Bonchev–Trinajstić information content (AvgIpc) is 2.67. The molecule has 0 spiro atoms. The predicted octanol–water partition coefficient (Wildman–Crippen LogP) is 1.55. The maximum Gasteiger partial charge on any atom is 0.305 e. The number of amides is 1. The summed E-state index contributed by atoms with van der Waals surface area (Å²) in [7, 11) is 4.40. The van der Waals surface area contributed by atoms with E-state index in [-0.39, 0.29) is 11.9 Å². The lowest BCUT2D eigenvalue weighted by molar-refractivity contribution is -0.140. The third-order valence-corrected chi connectivity index (χ3v) is 3.72. The van der Waals surface area contributed by atoms with Gasteiger partial charge in [0, 0.05) is 24.6 Å². The van der Waals surface area contributed by atoms with Gasteiger partial charge in [-0.1, -0.05) is 6.42 Å². The summed E-state index contributed by atoms with van der Waals surface area (Å²) in [6.45, 7) is 0.635. The molecule has 0 saturated heterocycles. The number of hydrazine groups is 1. The van der Waals surface area contributed by atoms with Crippen molar-refractivity contribution in [2.24, 2.45) is 0 Å². The molecule has 1 rings (SSSR count). The molecule has 0 fully saturated rings. The molecule has 0 aliphatic rings. The number of hydrogen-bond donors (Lipinski definition) is 3. The fraction of sp³-hybridized carbons (Fsp3) is 0.471. The Labute approximate surface area is 158 Å². The first-order valence-corrected chi connectivity index (χ1v) is 8.55. The second-order valence-electron chi connectivity index (χ2n) is 5.32. The van der Waals surface area contributed by atoms with Gasteiger partial charge in [-0.05, 0) is 37.2 Å². The van der Waals surface area contributed by atoms with E-state index in [4.69, 9.17) is 21.7 Å². The van der Waals surface area contributed by atoms with E-state index in [0.717, 1.165) is 19.3 Å². The number of thiocarbonyl (C=S) groups is 1. The topological polar surface area (TPSA) is 97.9 Å². The molecule has 0 unspecified atom stereocenters. The number of benzene rings is 1. The highest BCUT2D eigenvalue weighted by atomic mass is 32.1. The zero-order valence-corrected chi connectivity index (χ0v) is 16.0. The predicted molar refractivity (Wildman–Crippen MR) is 101 cm³/mol. The molecule has 1 aromatic rings. The van der Waals surface area contributed by atoms with Crippen LogP contribution in [0.15, 0.2) is 18.2 Å². The van der Waals surface area contributed by atoms with Crippen LogP contribution >= 0.6 is 12.2 Å². The summed E-state index contributed by atoms with van der Waals surface area (Å²) in [6.07, 6.45) is 2.91. The van der Waals surface area contributed by atoms with Crippen LogP contribution in [-0.4, -0.2) is 44.9 Å². The molecular weight excluding hydrogens is 358 g/mol. The van der Waals surface area contributed by atoms with Gasteiger partial charge in [0.1, 0.15) is 11.5 Å². The number of unbranched alkanes of at least 4 members (excludes halogenated alkanes) is 2. The highest BCUT2D eigenvalue weighted by molar-refractivity contribution is 7.80. The van der Waals surface area contributed by atoms with E-state index >= 15 is 0 Å². The van der Waals surface area contributed by atoms with Crippen molar-refractivity contribution in [3.05, 3.63) is 23.8 Å². The van der Waals surface area contributed by atoms with Gasteiger partial charge in [0.05, 0.1) is 21.3 Å². The van der Waals surface area contributed by atoms with Crippen molar-refractivity contribution in [2.45, 2.75) is 25.7 Å². The van der Waals surface area contributed by atoms with Gasteiger partial charge in [0.2, 0.25) is 0 Å². The normalized spacial score (nSPS) is 9.81. The van der Waals surface area contributed by atoms with Gasteiger partial charge in [-0.2, -0.15) is 0 Å². The van der Waals surface area contributed by atoms with Crippen molar-refractivity contribution < 1.29 is 23.8 Å². The van der Waals surface area contributed by atoms with Gasteiger partial charge in [-0.3, -0.25) is 20.4 Å². The van der Waals surface area contributed by atoms with Crippen LogP contribution in [0.5, 0.6) is 11.5 Å². The number of carbonyl (C=O) groups is 2. The zero-order chi connectivity index (χ0) is 19.4. The van der Waals surface area contributed by atoms with E-state index in [2.05, 4.69) is 20.9 Å². The Kier molecular flexibility index (Phi) is 9.85. The number of nitrogens with one attached hydrogen (secondary N) is 3. The van der Waals surface area contributed by atoms with E-state index in [1.165, 1.54) is 21.3 Å². The van der Waals surface area contributed by atoms with Crippen molar-refractivity contribution in [1.29, 1.82) is 0 Å². The molecule has 0 radical (unpaired) electrons. The Hall–Kier alpha value is -2.55. The minimum absolute atomic E-state index is 0.202. The molecule has 0 saturated carbocycles. The maximum atomic E-state index is 12.2. The molecule has 0 bridgehead atoms. The third-order valence-electron chi connectivity index (χ3n) is 3.47. The van der Waals surface area contributed by atoms with E-state index in [0.29, 0.717) is 35.1 Å². The van der Waals surface area contributed by atoms with Crippen molar-refractivity contribution in [3.8, 4) is 11.5 Å². The first-order chi connectivity index (χ1) is 12.5. The standard InChI is InChI=1S/C17H25N3O5S/c1-23-13-9-12(10-14(11-13)24-2)16(22)19-20-17(26)18-8-6-4-5-7-15(21)25-3/h9-11H,4-8H2,1-3H3,(H,19,22)(H2,18,20,26). The summed E-state index contributed by atoms with van der Waals surface area (Å²) in [5.74, 6) is 0.459. The van der Waals surface area contributed by atoms with Crippen LogP contribution in [0.2, 0.25) is 0 Å². The number of ether oxygens (including phenoxy) is 3. The lowest BCUT2D eigenvalue weighted by Gasteiger charge is -2.12. The van der Waals surface area contributed by atoms with Crippen LogP contribution < -0.4 is 25.6 Å². The molecule has 0 aliphatic heterocycles. The second-order valence-corrected chi connectivity index (χ2v) is 5.73. The summed E-state index contributed by atoms with van der Waals surface area (Å²) in [6, 6.07) is 4.87. The van der Waals surface area contributed by atoms with Crippen LogP contribution in [0.1, 0.15) is 36.0 Å². The molecular formula is C17H25N3O5S. The monoisotopic (exact) mass is 383 g/mol. The van der Waals surface area contributed by atoms with Crippen molar-refractivity contribution in [2.75, 3.05) is 27.9 Å². The fourth-order valence-corrected chi connectivity index (χ4v) is 2.20. The summed E-state index contributed by atoms with van der Waals surface area (Å²) in [5, 5.41) is 3.28. The van der Waals surface area contributed by atoms with Gasteiger partial charge >= 0.3 is 5.97 Å². The molecule has 0 aromatic heterocycles. The highest BCUT2D eigenvalue weighted by Gasteiger charge is 2.10. The molecule has 8 nitrogen and oxygen atoms in total. The number of hydrogen-bond acceptors (Lipinski definition) is 6. The van der Waals surface area contributed by atoms with Crippen LogP contribution in [0.4, 0.5) is 0 Å². The fourth-order valence-electron chi connectivity index (χ4n) is 2.04. The zero-order valence-electron chi connectivity index (χ0n) is 15.2. The van der Waals surface area contributed by atoms with Gasteiger partial charge in [0.25, 0.3) is 5.91 Å². The van der Waals surface area contributed by atoms with Gasteiger partial charge < -0.3 is 19.5 Å². The third kappa shape index (κ3) is 8.02. The molecule has 26 heavy (non-hydrogen) atoms. The minimum atomic E-state index is -0.371. The second kappa shape index (κ2) is 11.9. The Morgan fingerprint density at radius 1 is 0.962 bits per heavy atom. The Morgan fingerprint density at radius 3 is 2.19 bits per heavy atom. The maximum absolute atomic E-state index is 12.2. The van der Waals surface area contributed by atoms with Gasteiger partial charge in [-0.15, -0.1) is 0 Å². The largest absolute Gasteiger partial charge is 0.497 e. The molecule has 0 aliphatic carbocycles. The Balaban J connectivity index is 2.30.